The van der Waals surface area contributed by atoms with E-state index >= 15 is 0 Å². The molecule has 0 bridgehead atoms. The van der Waals surface area contributed by atoms with Crippen LogP contribution in [-0.2, 0) is 25.5 Å². The van der Waals surface area contributed by atoms with Gasteiger partial charge in [-0.3, -0.25) is 19.3 Å². The lowest BCUT2D eigenvalue weighted by Gasteiger charge is -2.27. The average Bonchev–Trinajstić information content (AvgIpc) is 3.11. The predicted octanol–water partition coefficient (Wildman–Crippen LogP) is 2.08. The first kappa shape index (κ1) is 22.7. The van der Waals surface area contributed by atoms with Crippen LogP contribution in [0.1, 0.15) is 39.1 Å². The molecule has 2 aliphatic heterocycles. The summed E-state index contributed by atoms with van der Waals surface area (Å²) in [6.07, 6.45) is 0.767. The summed E-state index contributed by atoms with van der Waals surface area (Å²) in [4.78, 5) is 54.0. The van der Waals surface area contributed by atoms with E-state index < -0.39 is 23.8 Å². The largest absolute Gasteiger partial charge is 0.464 e. The number of hydrogen-bond acceptors (Lipinski definition) is 6. The van der Waals surface area contributed by atoms with Crippen molar-refractivity contribution in [3.05, 3.63) is 71.3 Å². The number of hydrogen-bond donors (Lipinski definition) is 0. The molecule has 2 aromatic carbocycles. The van der Waals surface area contributed by atoms with E-state index in [1.807, 2.05) is 30.3 Å². The van der Waals surface area contributed by atoms with E-state index in [0.29, 0.717) is 32.7 Å². The Morgan fingerprint density at radius 2 is 1.52 bits per heavy atom. The molecule has 3 amide bonds. The van der Waals surface area contributed by atoms with Gasteiger partial charge in [0.1, 0.15) is 6.04 Å². The van der Waals surface area contributed by atoms with Gasteiger partial charge >= 0.3 is 5.97 Å². The highest BCUT2D eigenvalue weighted by Gasteiger charge is 2.43. The number of carbonyl (C=O) groups excluding carboxylic acids is 4. The minimum Gasteiger partial charge on any atom is -0.464 e. The quantitative estimate of drug-likeness (QED) is 0.347. The van der Waals surface area contributed by atoms with Crippen molar-refractivity contribution in [1.82, 2.24) is 9.80 Å². The monoisotopic (exact) mass is 450 g/mol. The fourth-order valence-electron chi connectivity index (χ4n) is 4.07. The molecule has 33 heavy (non-hydrogen) atoms. The maximum Gasteiger partial charge on any atom is 0.329 e. The van der Waals surface area contributed by atoms with E-state index in [2.05, 4.69) is 0 Å². The molecule has 1 unspecified atom stereocenters. The summed E-state index contributed by atoms with van der Waals surface area (Å²) < 4.78 is 10.7. The number of benzene rings is 2. The van der Waals surface area contributed by atoms with E-state index in [1.165, 1.54) is 0 Å². The van der Waals surface area contributed by atoms with Crippen LogP contribution in [0.25, 0.3) is 0 Å². The Morgan fingerprint density at radius 1 is 0.909 bits per heavy atom. The third kappa shape index (κ3) is 5.12. The second-order valence-electron chi connectivity index (χ2n) is 8.00. The highest BCUT2D eigenvalue weighted by molar-refractivity contribution is 6.22. The predicted molar refractivity (Wildman–Crippen MR) is 118 cm³/mol. The van der Waals surface area contributed by atoms with Gasteiger partial charge in [-0.15, -0.1) is 0 Å². The second kappa shape index (κ2) is 10.4. The van der Waals surface area contributed by atoms with Crippen molar-refractivity contribution in [3.63, 3.8) is 0 Å². The van der Waals surface area contributed by atoms with Crippen molar-refractivity contribution in [2.45, 2.75) is 25.3 Å². The topological polar surface area (TPSA) is 93.2 Å². The summed E-state index contributed by atoms with van der Waals surface area (Å²) in [6.45, 7) is 2.22. The highest BCUT2D eigenvalue weighted by atomic mass is 16.5. The van der Waals surface area contributed by atoms with Crippen LogP contribution >= 0.6 is 0 Å². The van der Waals surface area contributed by atoms with Crippen LogP contribution in [-0.4, -0.2) is 72.4 Å². The zero-order valence-electron chi connectivity index (χ0n) is 18.3. The number of nitrogens with zero attached hydrogens (tertiary/aromatic N) is 2. The van der Waals surface area contributed by atoms with Crippen molar-refractivity contribution in [1.29, 1.82) is 0 Å². The molecule has 0 spiro atoms. The fraction of sp³-hybridized carbons (Fsp3) is 0.360. The van der Waals surface area contributed by atoms with Gasteiger partial charge in [0, 0.05) is 25.9 Å². The first-order valence-corrected chi connectivity index (χ1v) is 11.1. The van der Waals surface area contributed by atoms with Gasteiger partial charge in [-0.2, -0.15) is 0 Å². The molecule has 1 fully saturated rings. The SMILES string of the molecule is O=C(OCCCC(=O)N1CCOCC1)C(Cc1ccccc1)N1C(=O)c2ccccc2C1=O. The number of esters is 1. The molecule has 2 aliphatic rings. The van der Waals surface area contributed by atoms with Crippen molar-refractivity contribution in [2.24, 2.45) is 0 Å². The van der Waals surface area contributed by atoms with Crippen LogP contribution < -0.4 is 0 Å². The fourth-order valence-corrected chi connectivity index (χ4v) is 4.07. The third-order valence-electron chi connectivity index (χ3n) is 5.82. The number of amides is 3. The minimum atomic E-state index is -1.09. The molecule has 4 rings (SSSR count). The number of rotatable bonds is 8. The Balaban J connectivity index is 1.41. The van der Waals surface area contributed by atoms with Crippen LogP contribution in [0.15, 0.2) is 54.6 Å². The maximum atomic E-state index is 13.0. The maximum absolute atomic E-state index is 13.0. The summed E-state index contributed by atoms with van der Waals surface area (Å²) in [6, 6.07) is 14.6. The molecule has 1 atom stereocenters. The number of morpholine rings is 1. The molecule has 8 heteroatoms. The molecule has 1 saturated heterocycles. The first-order chi connectivity index (χ1) is 16.1. The molecular formula is C25H26N2O6. The Bertz CT molecular complexity index is 997. The molecule has 2 heterocycles. The van der Waals surface area contributed by atoms with E-state index in [9.17, 15) is 19.2 Å². The number of fused-ring (bicyclic) bond motifs is 1. The molecule has 0 aliphatic carbocycles. The zero-order chi connectivity index (χ0) is 23.2. The standard InChI is InChI=1S/C25H26N2O6/c28-22(26-12-15-32-16-13-26)11-6-14-33-25(31)21(17-18-7-2-1-3-8-18)27-23(29)19-9-4-5-10-20(19)24(27)30/h1-5,7-10,21H,6,11-17H2. The number of carbonyl (C=O) groups is 4. The lowest BCUT2D eigenvalue weighted by molar-refractivity contribution is -0.149. The van der Waals surface area contributed by atoms with Gasteiger partial charge in [0.2, 0.25) is 5.91 Å². The van der Waals surface area contributed by atoms with E-state index in [4.69, 9.17) is 9.47 Å². The molecule has 0 N–H and O–H groups in total. The van der Waals surface area contributed by atoms with Gasteiger partial charge in [-0.1, -0.05) is 42.5 Å². The van der Waals surface area contributed by atoms with Crippen LogP contribution in [0, 0.1) is 0 Å². The smallest absolute Gasteiger partial charge is 0.329 e. The second-order valence-corrected chi connectivity index (χ2v) is 8.00. The van der Waals surface area contributed by atoms with Gasteiger partial charge in [-0.05, 0) is 24.1 Å². The third-order valence-corrected chi connectivity index (χ3v) is 5.82. The summed E-state index contributed by atoms with van der Waals surface area (Å²) in [5.74, 6) is -1.67. The Labute approximate surface area is 192 Å². The Hall–Kier alpha value is -3.52. The van der Waals surface area contributed by atoms with Gasteiger partial charge < -0.3 is 14.4 Å². The van der Waals surface area contributed by atoms with Gasteiger partial charge in [0.15, 0.2) is 0 Å². The van der Waals surface area contributed by atoms with Crippen molar-refractivity contribution in [2.75, 3.05) is 32.9 Å². The summed E-state index contributed by atoms with van der Waals surface area (Å²) in [5.41, 5.74) is 1.37. The Morgan fingerprint density at radius 3 is 2.15 bits per heavy atom. The Kier molecular flexibility index (Phi) is 7.14. The highest BCUT2D eigenvalue weighted by Crippen LogP contribution is 2.26. The molecule has 0 radical (unpaired) electrons. The lowest BCUT2D eigenvalue weighted by atomic mass is 10.0. The molecule has 2 aromatic rings. The van der Waals surface area contributed by atoms with Crippen LogP contribution in [0.3, 0.4) is 0 Å². The molecule has 8 nitrogen and oxygen atoms in total. The number of imide groups is 1. The molecule has 0 saturated carbocycles. The van der Waals surface area contributed by atoms with Crippen LogP contribution in [0.2, 0.25) is 0 Å². The minimum absolute atomic E-state index is 0.00414. The van der Waals surface area contributed by atoms with Crippen molar-refractivity contribution in [3.8, 4) is 0 Å². The van der Waals surface area contributed by atoms with E-state index in [-0.39, 0.29) is 36.5 Å². The lowest BCUT2D eigenvalue weighted by Crippen LogP contribution is -2.47. The molecular weight excluding hydrogens is 424 g/mol. The first-order valence-electron chi connectivity index (χ1n) is 11.1. The summed E-state index contributed by atoms with van der Waals surface area (Å²) in [5, 5.41) is 0. The van der Waals surface area contributed by atoms with Crippen molar-refractivity contribution >= 4 is 23.7 Å². The normalized spacial score (nSPS) is 16.5. The summed E-state index contributed by atoms with van der Waals surface area (Å²) in [7, 11) is 0. The van der Waals surface area contributed by atoms with Crippen LogP contribution in [0.5, 0.6) is 0 Å². The van der Waals surface area contributed by atoms with Gasteiger partial charge in [-0.25, -0.2) is 4.79 Å². The van der Waals surface area contributed by atoms with Crippen LogP contribution in [0.4, 0.5) is 0 Å². The average molecular weight is 450 g/mol. The van der Waals surface area contributed by atoms with E-state index in [1.54, 1.807) is 29.2 Å². The summed E-state index contributed by atoms with van der Waals surface area (Å²) >= 11 is 0. The van der Waals surface area contributed by atoms with E-state index in [0.717, 1.165) is 10.5 Å². The van der Waals surface area contributed by atoms with Gasteiger partial charge in [0.25, 0.3) is 11.8 Å². The van der Waals surface area contributed by atoms with Gasteiger partial charge in [0.05, 0.1) is 30.9 Å². The molecule has 172 valence electrons. The number of ether oxygens (including phenoxy) is 2. The zero-order valence-corrected chi connectivity index (χ0v) is 18.3. The van der Waals surface area contributed by atoms with Crippen molar-refractivity contribution < 1.29 is 28.7 Å². The molecule has 0 aromatic heterocycles.